The molecule has 1 aromatic heterocycles. The normalized spacial score (nSPS) is 24.3. The molecule has 182 valence electrons. The van der Waals surface area contributed by atoms with Gasteiger partial charge in [-0.2, -0.15) is 5.10 Å². The molecule has 2 N–H and O–H groups in total. The quantitative estimate of drug-likeness (QED) is 0.656. The van der Waals surface area contributed by atoms with Gasteiger partial charge in [-0.25, -0.2) is 0 Å². The lowest BCUT2D eigenvalue weighted by Crippen LogP contribution is -2.57. The van der Waals surface area contributed by atoms with Gasteiger partial charge in [0, 0.05) is 44.2 Å². The lowest BCUT2D eigenvalue weighted by atomic mass is 9.79. The molecule has 2 amide bonds. The van der Waals surface area contributed by atoms with Crippen LogP contribution in [0.25, 0.3) is 11.3 Å². The van der Waals surface area contributed by atoms with Crippen LogP contribution in [0.15, 0.2) is 30.3 Å². The molecule has 3 aliphatic rings. The fraction of sp³-hybridized carbons (Fsp3) is 0.577. The Balaban J connectivity index is 1.17. The second-order valence-electron chi connectivity index (χ2n) is 9.96. The maximum atomic E-state index is 13.3. The van der Waals surface area contributed by atoms with Crippen LogP contribution in [-0.4, -0.2) is 77.7 Å². The molecular weight excluding hydrogens is 430 g/mol. The minimum Gasteiger partial charge on any atom is -0.497 e. The fourth-order valence-corrected chi connectivity index (χ4v) is 5.78. The summed E-state index contributed by atoms with van der Waals surface area (Å²) in [4.78, 5) is 29.7. The van der Waals surface area contributed by atoms with Gasteiger partial charge in [0.2, 0.25) is 5.91 Å². The van der Waals surface area contributed by atoms with E-state index in [9.17, 15) is 9.59 Å². The Morgan fingerprint density at radius 1 is 1.12 bits per heavy atom. The van der Waals surface area contributed by atoms with Crippen molar-refractivity contribution in [3.8, 4) is 17.0 Å². The average molecular weight is 466 g/mol. The van der Waals surface area contributed by atoms with Gasteiger partial charge in [-0.05, 0) is 80.8 Å². The Morgan fingerprint density at radius 3 is 2.68 bits per heavy atom. The van der Waals surface area contributed by atoms with Crippen LogP contribution in [0, 0.1) is 11.8 Å². The number of carbonyl (C=O) groups is 2. The van der Waals surface area contributed by atoms with Crippen molar-refractivity contribution in [1.29, 1.82) is 0 Å². The molecule has 3 aliphatic heterocycles. The van der Waals surface area contributed by atoms with Gasteiger partial charge in [-0.3, -0.25) is 14.7 Å². The largest absolute Gasteiger partial charge is 0.497 e. The number of H-pyrrole nitrogens is 1. The summed E-state index contributed by atoms with van der Waals surface area (Å²) in [7, 11) is 1.64. The van der Waals surface area contributed by atoms with Crippen LogP contribution < -0.4 is 10.1 Å². The molecule has 0 aliphatic carbocycles. The first-order chi connectivity index (χ1) is 16.6. The zero-order chi connectivity index (χ0) is 23.5. The number of amides is 2. The summed E-state index contributed by atoms with van der Waals surface area (Å²) in [5.74, 6) is 2.03. The van der Waals surface area contributed by atoms with Crippen molar-refractivity contribution < 1.29 is 14.3 Å². The van der Waals surface area contributed by atoms with Gasteiger partial charge < -0.3 is 19.9 Å². The van der Waals surface area contributed by atoms with Crippen LogP contribution in [0.3, 0.4) is 0 Å². The van der Waals surface area contributed by atoms with Gasteiger partial charge in [0.05, 0.1) is 12.8 Å². The second kappa shape index (κ2) is 10.2. The predicted octanol–water partition coefficient (Wildman–Crippen LogP) is 2.93. The van der Waals surface area contributed by atoms with Gasteiger partial charge >= 0.3 is 0 Å². The minimum atomic E-state index is 0.0202. The highest BCUT2D eigenvalue weighted by molar-refractivity contribution is 5.93. The molecule has 4 heterocycles. The van der Waals surface area contributed by atoms with Crippen molar-refractivity contribution in [3.05, 3.63) is 36.0 Å². The molecule has 5 rings (SSSR count). The Kier molecular flexibility index (Phi) is 6.85. The van der Waals surface area contributed by atoms with Crippen molar-refractivity contribution >= 4 is 11.8 Å². The van der Waals surface area contributed by atoms with Gasteiger partial charge in [0.15, 0.2) is 0 Å². The summed E-state index contributed by atoms with van der Waals surface area (Å²) in [6, 6.07) is 9.88. The highest BCUT2D eigenvalue weighted by Crippen LogP contribution is 2.31. The van der Waals surface area contributed by atoms with E-state index in [1.807, 2.05) is 40.1 Å². The lowest BCUT2D eigenvalue weighted by Gasteiger charge is -2.46. The number of piperidine rings is 2. The smallest absolute Gasteiger partial charge is 0.271 e. The zero-order valence-electron chi connectivity index (χ0n) is 20.0. The maximum Gasteiger partial charge on any atom is 0.271 e. The Labute approximate surface area is 201 Å². The van der Waals surface area contributed by atoms with E-state index in [0.717, 1.165) is 81.8 Å². The maximum absolute atomic E-state index is 13.3. The fourth-order valence-electron chi connectivity index (χ4n) is 5.78. The summed E-state index contributed by atoms with van der Waals surface area (Å²) in [6.45, 7) is 4.32. The molecule has 3 fully saturated rings. The van der Waals surface area contributed by atoms with Crippen LogP contribution in [0.2, 0.25) is 0 Å². The van der Waals surface area contributed by atoms with E-state index in [0.29, 0.717) is 35.9 Å². The molecule has 2 bridgehead atoms. The number of nitrogens with zero attached hydrogens (tertiary/aromatic N) is 3. The average Bonchev–Trinajstić information content (AvgIpc) is 3.58. The van der Waals surface area contributed by atoms with Crippen molar-refractivity contribution in [1.82, 2.24) is 25.3 Å². The number of likely N-dealkylation sites (tertiary alicyclic amines) is 2. The molecule has 0 saturated carbocycles. The van der Waals surface area contributed by atoms with E-state index in [1.54, 1.807) is 7.11 Å². The number of ether oxygens (including phenoxy) is 1. The lowest BCUT2D eigenvalue weighted by molar-refractivity contribution is -0.130. The number of hydrogen-bond acceptors (Lipinski definition) is 5. The highest BCUT2D eigenvalue weighted by Gasteiger charge is 2.38. The third-order valence-corrected chi connectivity index (χ3v) is 7.65. The van der Waals surface area contributed by atoms with E-state index in [-0.39, 0.29) is 5.91 Å². The third kappa shape index (κ3) is 4.97. The van der Waals surface area contributed by atoms with E-state index in [2.05, 4.69) is 15.5 Å². The third-order valence-electron chi connectivity index (χ3n) is 7.65. The van der Waals surface area contributed by atoms with Gasteiger partial charge in [-0.1, -0.05) is 0 Å². The Bertz CT molecular complexity index is 998. The monoisotopic (exact) mass is 465 g/mol. The molecule has 1 aromatic carbocycles. The number of aromatic amines is 1. The van der Waals surface area contributed by atoms with Crippen LogP contribution in [0.4, 0.5) is 0 Å². The molecular formula is C26H35N5O3. The van der Waals surface area contributed by atoms with Gasteiger partial charge in [0.25, 0.3) is 5.91 Å². The zero-order valence-corrected chi connectivity index (χ0v) is 20.0. The second-order valence-corrected chi connectivity index (χ2v) is 9.96. The molecule has 8 heteroatoms. The van der Waals surface area contributed by atoms with E-state index >= 15 is 0 Å². The first-order valence-electron chi connectivity index (χ1n) is 12.6. The Morgan fingerprint density at radius 2 is 1.91 bits per heavy atom. The summed E-state index contributed by atoms with van der Waals surface area (Å²) < 4.78 is 5.22. The molecule has 3 saturated heterocycles. The number of aromatic nitrogens is 2. The van der Waals surface area contributed by atoms with Crippen molar-refractivity contribution in [3.63, 3.8) is 0 Å². The summed E-state index contributed by atoms with van der Waals surface area (Å²) in [6.07, 6.45) is 5.97. The first kappa shape index (κ1) is 22.9. The van der Waals surface area contributed by atoms with Crippen LogP contribution >= 0.6 is 0 Å². The molecule has 2 aromatic rings. The first-order valence-corrected chi connectivity index (χ1v) is 12.6. The van der Waals surface area contributed by atoms with Crippen LogP contribution in [0.1, 0.15) is 49.0 Å². The predicted molar refractivity (Wildman–Crippen MR) is 130 cm³/mol. The SMILES string of the molecule is COc1ccc(-c2cc(C(=O)N3CC4CNC(CCCC(=O)N5CCCC5)C(C4)C3)[nH]n2)cc1. The number of hydrogen-bond donors (Lipinski definition) is 2. The van der Waals surface area contributed by atoms with Crippen LogP contribution in [0.5, 0.6) is 5.75 Å². The molecule has 0 spiro atoms. The van der Waals surface area contributed by atoms with E-state index in [1.165, 1.54) is 0 Å². The van der Waals surface area contributed by atoms with E-state index < -0.39 is 0 Å². The standard InChI is InChI=1S/C26H35N5O3/c1-34-21-9-7-19(8-10-21)23-14-24(29-28-23)26(33)31-16-18-13-20(17-31)22(27-15-18)5-4-6-25(32)30-11-2-3-12-30/h7-10,14,18,20,22,27H,2-6,11-13,15-17H2,1H3,(H,28,29). The molecule has 0 radical (unpaired) electrons. The molecule has 3 unspecified atom stereocenters. The van der Waals surface area contributed by atoms with Crippen molar-refractivity contribution in [2.45, 2.75) is 44.6 Å². The summed E-state index contributed by atoms with van der Waals surface area (Å²) >= 11 is 0. The van der Waals surface area contributed by atoms with Crippen molar-refractivity contribution in [2.75, 3.05) is 39.8 Å². The van der Waals surface area contributed by atoms with Crippen molar-refractivity contribution in [2.24, 2.45) is 11.8 Å². The number of benzene rings is 1. The molecule has 3 atom stereocenters. The number of fused-ring (bicyclic) bond motifs is 2. The minimum absolute atomic E-state index is 0.0202. The number of nitrogens with one attached hydrogen (secondary N) is 2. The summed E-state index contributed by atoms with van der Waals surface area (Å²) in [5.41, 5.74) is 2.23. The van der Waals surface area contributed by atoms with E-state index in [4.69, 9.17) is 4.74 Å². The summed E-state index contributed by atoms with van der Waals surface area (Å²) in [5, 5.41) is 11.0. The van der Waals surface area contributed by atoms with Gasteiger partial charge in [-0.15, -0.1) is 0 Å². The molecule has 8 nitrogen and oxygen atoms in total. The van der Waals surface area contributed by atoms with Crippen LogP contribution in [-0.2, 0) is 4.79 Å². The highest BCUT2D eigenvalue weighted by atomic mass is 16.5. The number of rotatable bonds is 7. The topological polar surface area (TPSA) is 90.6 Å². The molecule has 34 heavy (non-hydrogen) atoms. The Hall–Kier alpha value is -2.87. The van der Waals surface area contributed by atoms with Gasteiger partial charge in [0.1, 0.15) is 11.4 Å². The number of carbonyl (C=O) groups excluding carboxylic acids is 2. The number of methoxy groups -OCH3 is 1.